The highest BCUT2D eigenvalue weighted by Crippen LogP contribution is 2.43. The quantitative estimate of drug-likeness (QED) is 0.0609. The largest absolute Gasteiger partial charge is 0.507 e. The maximum absolute atomic E-state index is 14.9. The summed E-state index contributed by atoms with van der Waals surface area (Å²) < 4.78 is 31.1. The number of nitrogens with zero attached hydrogens (tertiary/aromatic N) is 3. The molecule has 3 aliphatic heterocycles. The van der Waals surface area contributed by atoms with Crippen LogP contribution in [-0.2, 0) is 23.8 Å². The van der Waals surface area contributed by atoms with E-state index in [9.17, 15) is 34.8 Å². The van der Waals surface area contributed by atoms with Gasteiger partial charge >= 0.3 is 11.8 Å². The summed E-state index contributed by atoms with van der Waals surface area (Å²) in [5.41, 5.74) is 0.336. The Morgan fingerprint density at radius 1 is 0.985 bits per heavy atom. The number of allylic oxidation sites excluding steroid dienone is 2. The molecule has 4 heterocycles. The van der Waals surface area contributed by atoms with Gasteiger partial charge in [0.1, 0.15) is 34.3 Å². The predicted molar refractivity (Wildman–Crippen MR) is 263 cm³/mol. The van der Waals surface area contributed by atoms with Crippen molar-refractivity contribution in [3.63, 3.8) is 0 Å². The molecule has 0 radical (unpaired) electrons. The molecule has 0 aliphatic carbocycles. The van der Waals surface area contributed by atoms with E-state index in [-0.39, 0.29) is 60.8 Å². The first-order valence-electron chi connectivity index (χ1n) is 23.2. The first-order valence-corrected chi connectivity index (χ1v) is 23.6. The minimum Gasteiger partial charge on any atom is -0.507 e. The van der Waals surface area contributed by atoms with Crippen molar-refractivity contribution in [2.75, 3.05) is 50.1 Å². The molecule has 1 unspecified atom stereocenters. The number of fused-ring (bicyclic) bond motifs is 2. The topological polar surface area (TPSA) is 214 Å². The van der Waals surface area contributed by atoms with Gasteiger partial charge in [0.15, 0.2) is 16.9 Å². The van der Waals surface area contributed by atoms with Crippen LogP contribution in [-0.4, -0.2) is 112 Å². The minimum atomic E-state index is -1.94. The summed E-state index contributed by atoms with van der Waals surface area (Å²) in [4.78, 5) is 51.1. The molecule has 9 atom stereocenters. The van der Waals surface area contributed by atoms with E-state index in [0.29, 0.717) is 10.4 Å². The van der Waals surface area contributed by atoms with E-state index >= 15 is 0 Å². The highest BCUT2D eigenvalue weighted by Gasteiger charge is 2.44. The summed E-state index contributed by atoms with van der Waals surface area (Å²) in [6.45, 7) is 21.4. The summed E-state index contributed by atoms with van der Waals surface area (Å²) in [5.74, 6) is -6.08. The number of phenols is 1. The van der Waals surface area contributed by atoms with Crippen LogP contribution in [0.2, 0.25) is 0 Å². The molecule has 68 heavy (non-hydrogen) atoms. The van der Waals surface area contributed by atoms with Crippen molar-refractivity contribution in [3.8, 4) is 11.5 Å². The summed E-state index contributed by atoms with van der Waals surface area (Å²) in [7, 11) is 1.46. The molecule has 366 valence electrons. The van der Waals surface area contributed by atoms with Crippen molar-refractivity contribution in [2.24, 2.45) is 29.6 Å². The third kappa shape index (κ3) is 9.42. The number of ether oxygens (including phenoxy) is 4. The van der Waals surface area contributed by atoms with Crippen LogP contribution in [0.15, 0.2) is 57.5 Å². The zero-order chi connectivity index (χ0) is 49.7. The lowest BCUT2D eigenvalue weighted by molar-refractivity contribution is -0.160. The third-order valence-corrected chi connectivity index (χ3v) is 14.1. The predicted octanol–water partition coefficient (Wildman–Crippen LogP) is 6.71. The molecule has 17 heteroatoms. The number of methoxy groups -OCH3 is 1. The molecule has 1 amide bonds. The number of anilines is 2. The average molecular weight is 957 g/mol. The number of phenolic OH excluding ortho intramolecular Hbond substituents is 1. The molecule has 16 nitrogen and oxygen atoms in total. The fraction of sp³-hybridized carbons (Fsp3) is 0.510. The monoisotopic (exact) mass is 956 g/mol. The van der Waals surface area contributed by atoms with Crippen molar-refractivity contribution in [2.45, 2.75) is 99.4 Å². The molecule has 4 bridgehead atoms. The van der Waals surface area contributed by atoms with Gasteiger partial charge in [-0.25, -0.2) is 4.98 Å². The third-order valence-electron chi connectivity index (χ3n) is 13.8. The Hall–Kier alpha value is -5.59. The molecule has 5 N–H and O–H groups in total. The van der Waals surface area contributed by atoms with E-state index in [1.165, 1.54) is 40.2 Å². The Bertz CT molecular complexity index is 2910. The van der Waals surface area contributed by atoms with E-state index in [1.807, 2.05) is 12.1 Å². The van der Waals surface area contributed by atoms with Crippen molar-refractivity contribution in [1.29, 1.82) is 0 Å². The van der Waals surface area contributed by atoms with E-state index in [4.69, 9.17) is 40.6 Å². The maximum Gasteiger partial charge on any atom is 0.307 e. The van der Waals surface area contributed by atoms with Crippen LogP contribution in [0.25, 0.3) is 38.7 Å². The fourth-order valence-electron chi connectivity index (χ4n) is 9.76. The summed E-state index contributed by atoms with van der Waals surface area (Å²) in [5, 5.41) is 49.7. The molecule has 0 saturated carbocycles. The number of hydrogen-bond acceptors (Lipinski definition) is 16. The van der Waals surface area contributed by atoms with Crippen LogP contribution in [0.5, 0.6) is 11.5 Å². The first kappa shape index (κ1) is 50.3. The number of hydrogen-bond donors (Lipinski definition) is 5. The van der Waals surface area contributed by atoms with Gasteiger partial charge in [-0.1, -0.05) is 72.0 Å². The molecule has 1 fully saturated rings. The van der Waals surface area contributed by atoms with E-state index in [0.717, 1.165) is 38.4 Å². The van der Waals surface area contributed by atoms with Crippen molar-refractivity contribution < 1.29 is 53.4 Å². The number of aliphatic hydroxyl groups is 3. The van der Waals surface area contributed by atoms with Gasteiger partial charge in [0.05, 0.1) is 39.7 Å². The van der Waals surface area contributed by atoms with Gasteiger partial charge in [-0.2, -0.15) is 0 Å². The van der Waals surface area contributed by atoms with Gasteiger partial charge in [0, 0.05) is 106 Å². The van der Waals surface area contributed by atoms with Gasteiger partial charge in [-0.05, 0) is 31.9 Å². The van der Waals surface area contributed by atoms with E-state index in [2.05, 4.69) is 29.0 Å². The number of carbonyl (C=O) groups is 2. The van der Waals surface area contributed by atoms with E-state index in [1.54, 1.807) is 52.8 Å². The number of rotatable bonds is 5. The zero-order valence-corrected chi connectivity index (χ0v) is 41.4. The molecule has 3 aromatic carbocycles. The number of aromatic hydroxyl groups is 1. The Labute approximate surface area is 400 Å². The van der Waals surface area contributed by atoms with Gasteiger partial charge in [-0.15, -0.1) is 0 Å². The molecular formula is C51H64N4O12S. The Morgan fingerprint density at radius 2 is 1.68 bits per heavy atom. The normalized spacial score (nSPS) is 27.8. The number of aliphatic hydroxyl groups excluding tert-OH is 3. The molecule has 4 aromatic rings. The van der Waals surface area contributed by atoms with Gasteiger partial charge in [0.2, 0.25) is 5.43 Å². The molecule has 0 spiro atoms. The lowest BCUT2D eigenvalue weighted by atomic mass is 9.78. The Balaban J connectivity index is 1.46. The van der Waals surface area contributed by atoms with Crippen LogP contribution in [0.4, 0.5) is 11.4 Å². The standard InChI is InChI=1S/C51H64N4O12S/c1-24(2)23-54-16-18-55(19-17-54)32-21-34-39(35(68)22-32)52-40-36-37-44(59)30(8)47-38(36)49(61)51(10,67-47)64-20-15-33(63-11)27(5)46(65-31(9)56)29(7)43(58)28(6)42(57)25(3)13-12-14-26(4)50(62)53-41(45(37)60)48(40)66-34/h12-15,20-22,24-25,27-29,33,42-43,46,57-59,61H,16-19,23H2,1-11H3,(H,53,62)/t25-,27+,28+,29+,33-,42-,43+,46+,51?/m0/s1. The lowest BCUT2D eigenvalue weighted by Gasteiger charge is -2.38. The molecule has 3 aliphatic rings. The van der Waals surface area contributed by atoms with Crippen LogP contribution in [0, 0.1) is 41.0 Å². The summed E-state index contributed by atoms with van der Waals surface area (Å²) in [6, 6.07) is 3.66. The number of carbonyl (C=O) groups excluding carboxylic acids is 2. The van der Waals surface area contributed by atoms with Gasteiger partial charge < -0.3 is 54.0 Å². The minimum absolute atomic E-state index is 0.000878. The zero-order valence-electron chi connectivity index (χ0n) is 40.6. The smallest absolute Gasteiger partial charge is 0.307 e. The number of benzene rings is 3. The maximum atomic E-state index is 14.9. The average Bonchev–Trinajstić information content (AvgIpc) is 3.56. The second kappa shape index (κ2) is 19.8. The lowest BCUT2D eigenvalue weighted by Crippen LogP contribution is -2.47. The summed E-state index contributed by atoms with van der Waals surface area (Å²) >= 11 is 5.96. The number of piperazine rings is 1. The number of esters is 1. The van der Waals surface area contributed by atoms with Crippen LogP contribution >= 0.6 is 12.2 Å². The highest BCUT2D eigenvalue weighted by molar-refractivity contribution is 7.71. The van der Waals surface area contributed by atoms with Crippen LogP contribution < -0.4 is 25.6 Å². The van der Waals surface area contributed by atoms with Crippen molar-refractivity contribution in [1.82, 2.24) is 9.88 Å². The van der Waals surface area contributed by atoms with E-state index < -0.39 is 82.7 Å². The van der Waals surface area contributed by atoms with Crippen LogP contribution in [0.3, 0.4) is 0 Å². The molecule has 1 saturated heterocycles. The highest BCUT2D eigenvalue weighted by atomic mass is 32.1. The Kier molecular flexibility index (Phi) is 14.6. The fourth-order valence-corrected chi connectivity index (χ4v) is 10.0. The molecular weight excluding hydrogens is 893 g/mol. The second-order valence-electron chi connectivity index (χ2n) is 19.2. The number of aromatic nitrogens is 1. The van der Waals surface area contributed by atoms with Gasteiger partial charge in [-0.3, -0.25) is 19.3 Å². The second-order valence-corrected chi connectivity index (χ2v) is 19.7. The van der Waals surface area contributed by atoms with Crippen molar-refractivity contribution >= 4 is 74.2 Å². The summed E-state index contributed by atoms with van der Waals surface area (Å²) in [6.07, 6.45) is 3.75. The Morgan fingerprint density at radius 3 is 2.32 bits per heavy atom. The SMILES string of the molecule is CO[C@H]1C=COC2(C)Oc3c(C)c(O)c4c(=O)c(c5oc6cc(N7CCN(CC(C)C)CC7)cc(=S)c6nc5c4c3=C2O)NC(=O)C(C)=CC=C[C@H](C)[C@H](O)[C@@H](C)[C@@H](O)[C@@H](C)[C@H](OC(C)=O)[C@@H]1C. The number of amides is 1. The van der Waals surface area contributed by atoms with Gasteiger partial charge in [0.25, 0.3) is 5.91 Å². The van der Waals surface area contributed by atoms with Crippen LogP contribution in [0.1, 0.15) is 67.9 Å². The first-order chi connectivity index (χ1) is 32.1. The molecule has 1 aromatic heterocycles. The molecule has 7 rings (SSSR count). The van der Waals surface area contributed by atoms with Crippen molar-refractivity contribution in [3.05, 3.63) is 73.8 Å². The number of nitrogens with one attached hydrogen (secondary N) is 1.